The lowest BCUT2D eigenvalue weighted by atomic mass is 9.97. The summed E-state index contributed by atoms with van der Waals surface area (Å²) in [6, 6.07) is 0.737. The number of nitrogens with zero attached hydrogens (tertiary/aromatic N) is 6. The predicted molar refractivity (Wildman–Crippen MR) is 89.9 cm³/mol. The molecule has 2 bridgehead atoms. The fourth-order valence-corrected chi connectivity index (χ4v) is 4.19. The molecule has 2 atom stereocenters. The lowest BCUT2D eigenvalue weighted by molar-refractivity contribution is -0.137. The summed E-state index contributed by atoms with van der Waals surface area (Å²) in [6.45, 7) is 3.62. The first-order valence-corrected chi connectivity index (χ1v) is 8.72. The first-order chi connectivity index (χ1) is 12.0. The highest BCUT2D eigenvalue weighted by Gasteiger charge is 2.43. The Bertz CT molecular complexity index is 829. The molecule has 0 radical (unpaired) electrons. The number of carbonyl (C=O) groups is 1. The summed E-state index contributed by atoms with van der Waals surface area (Å²) in [6.07, 6.45) is 8.60. The van der Waals surface area contributed by atoms with Crippen LogP contribution >= 0.6 is 0 Å². The molecule has 2 saturated heterocycles. The summed E-state index contributed by atoms with van der Waals surface area (Å²) in [4.78, 5) is 35.4. The summed E-state index contributed by atoms with van der Waals surface area (Å²) in [5.74, 6) is 0.0108. The molecule has 0 aromatic carbocycles. The molecule has 1 amide bonds. The molecule has 2 unspecified atom stereocenters. The summed E-state index contributed by atoms with van der Waals surface area (Å²) < 4.78 is 3.33. The zero-order valence-electron chi connectivity index (χ0n) is 14.5. The molecule has 8 heteroatoms. The van der Waals surface area contributed by atoms with Crippen molar-refractivity contribution in [1.29, 1.82) is 0 Å². The second-order valence-electron chi connectivity index (χ2n) is 7.07. The summed E-state index contributed by atoms with van der Waals surface area (Å²) in [7, 11) is 0. The van der Waals surface area contributed by atoms with Gasteiger partial charge in [-0.2, -0.15) is 5.10 Å². The Hall–Kier alpha value is -2.51. The van der Waals surface area contributed by atoms with E-state index >= 15 is 0 Å². The van der Waals surface area contributed by atoms with Crippen molar-refractivity contribution in [3.8, 4) is 0 Å². The quantitative estimate of drug-likeness (QED) is 0.825. The minimum atomic E-state index is -0.134. The topological polar surface area (TPSA) is 85.9 Å². The standard InChI is InChI=1S/C17H22N6O2/c1-11-12(2)19-10-21(17(11)25)7-16(24)23-13-3-4-14(23)6-15(5-13)22-9-18-8-20-22/h8-10,13-15H,3-7H2,1-2H3. The average molecular weight is 342 g/mol. The molecule has 0 aliphatic carbocycles. The molecule has 0 spiro atoms. The number of aromatic nitrogens is 5. The van der Waals surface area contributed by atoms with Gasteiger partial charge in [0, 0.05) is 23.3 Å². The maximum atomic E-state index is 12.9. The van der Waals surface area contributed by atoms with Crippen LogP contribution in [-0.4, -0.2) is 47.2 Å². The SMILES string of the molecule is Cc1ncn(CC(=O)N2C3CCC2CC(n2cncn2)C3)c(=O)c1C. The van der Waals surface area contributed by atoms with Crippen molar-refractivity contribution < 1.29 is 4.79 Å². The molecule has 2 aromatic heterocycles. The number of hydrogen-bond acceptors (Lipinski definition) is 5. The molecule has 2 aromatic rings. The molecule has 0 N–H and O–H groups in total. The third-order valence-electron chi connectivity index (χ3n) is 5.63. The smallest absolute Gasteiger partial charge is 0.256 e. The lowest BCUT2D eigenvalue weighted by Gasteiger charge is -2.39. The number of aryl methyl sites for hydroxylation is 1. The maximum Gasteiger partial charge on any atom is 0.256 e. The number of fused-ring (bicyclic) bond motifs is 2. The number of carbonyl (C=O) groups excluding carboxylic acids is 1. The number of amides is 1. The van der Waals surface area contributed by atoms with E-state index in [9.17, 15) is 9.59 Å². The molecule has 25 heavy (non-hydrogen) atoms. The highest BCUT2D eigenvalue weighted by molar-refractivity contribution is 5.77. The van der Waals surface area contributed by atoms with Gasteiger partial charge < -0.3 is 4.90 Å². The van der Waals surface area contributed by atoms with E-state index in [1.165, 1.54) is 10.9 Å². The predicted octanol–water partition coefficient (Wildman–Crippen LogP) is 0.846. The van der Waals surface area contributed by atoms with Gasteiger partial charge in [-0.25, -0.2) is 14.6 Å². The van der Waals surface area contributed by atoms with E-state index in [-0.39, 0.29) is 30.1 Å². The maximum absolute atomic E-state index is 12.9. The van der Waals surface area contributed by atoms with Crippen LogP contribution in [0.3, 0.4) is 0 Å². The van der Waals surface area contributed by atoms with Gasteiger partial charge in [-0.1, -0.05) is 0 Å². The first-order valence-electron chi connectivity index (χ1n) is 8.72. The summed E-state index contributed by atoms with van der Waals surface area (Å²) in [5.41, 5.74) is 1.18. The Morgan fingerprint density at radius 1 is 1.16 bits per heavy atom. The third-order valence-corrected chi connectivity index (χ3v) is 5.63. The second-order valence-corrected chi connectivity index (χ2v) is 7.07. The van der Waals surface area contributed by atoms with E-state index in [1.54, 1.807) is 26.5 Å². The molecule has 8 nitrogen and oxygen atoms in total. The monoisotopic (exact) mass is 342 g/mol. The van der Waals surface area contributed by atoms with E-state index in [0.717, 1.165) is 25.7 Å². The molecule has 4 heterocycles. The van der Waals surface area contributed by atoms with Crippen molar-refractivity contribution >= 4 is 5.91 Å². The van der Waals surface area contributed by atoms with Gasteiger partial charge in [0.25, 0.3) is 5.56 Å². The van der Waals surface area contributed by atoms with E-state index in [1.807, 2.05) is 9.58 Å². The van der Waals surface area contributed by atoms with Gasteiger partial charge >= 0.3 is 0 Å². The Morgan fingerprint density at radius 2 is 1.88 bits per heavy atom. The zero-order valence-corrected chi connectivity index (χ0v) is 14.5. The molecular weight excluding hydrogens is 320 g/mol. The Balaban J connectivity index is 1.51. The van der Waals surface area contributed by atoms with Crippen molar-refractivity contribution in [3.05, 3.63) is 40.6 Å². The van der Waals surface area contributed by atoms with Crippen molar-refractivity contribution in [3.63, 3.8) is 0 Å². The van der Waals surface area contributed by atoms with Crippen LogP contribution in [0.4, 0.5) is 0 Å². The Morgan fingerprint density at radius 3 is 2.52 bits per heavy atom. The van der Waals surface area contributed by atoms with Gasteiger partial charge in [-0.3, -0.25) is 14.2 Å². The van der Waals surface area contributed by atoms with E-state index in [0.29, 0.717) is 17.3 Å². The first kappa shape index (κ1) is 16.0. The number of hydrogen-bond donors (Lipinski definition) is 0. The minimum absolute atomic E-state index is 0.0108. The van der Waals surface area contributed by atoms with Crippen molar-refractivity contribution in [2.75, 3.05) is 0 Å². The third kappa shape index (κ3) is 2.75. The van der Waals surface area contributed by atoms with Gasteiger partial charge in [0.05, 0.1) is 12.4 Å². The van der Waals surface area contributed by atoms with Crippen LogP contribution in [0.5, 0.6) is 0 Å². The largest absolute Gasteiger partial charge is 0.335 e. The van der Waals surface area contributed by atoms with Crippen molar-refractivity contribution in [1.82, 2.24) is 29.2 Å². The van der Waals surface area contributed by atoms with E-state index in [2.05, 4.69) is 15.1 Å². The van der Waals surface area contributed by atoms with Gasteiger partial charge in [-0.15, -0.1) is 0 Å². The van der Waals surface area contributed by atoms with Crippen molar-refractivity contribution in [2.45, 2.75) is 64.2 Å². The van der Waals surface area contributed by atoms with Gasteiger partial charge in [0.1, 0.15) is 19.2 Å². The Kier molecular flexibility index (Phi) is 3.89. The van der Waals surface area contributed by atoms with Crippen LogP contribution in [0.1, 0.15) is 43.0 Å². The second kappa shape index (κ2) is 6.09. The summed E-state index contributed by atoms with van der Waals surface area (Å²) in [5, 5.41) is 4.25. The lowest BCUT2D eigenvalue weighted by Crippen LogP contribution is -2.49. The highest BCUT2D eigenvalue weighted by atomic mass is 16.2. The van der Waals surface area contributed by atoms with Crippen LogP contribution in [0.15, 0.2) is 23.8 Å². The molecule has 132 valence electrons. The molecule has 2 aliphatic rings. The molecule has 4 rings (SSSR count). The fourth-order valence-electron chi connectivity index (χ4n) is 4.19. The summed E-state index contributed by atoms with van der Waals surface area (Å²) >= 11 is 0. The van der Waals surface area contributed by atoms with Crippen LogP contribution in [0, 0.1) is 13.8 Å². The van der Waals surface area contributed by atoms with E-state index < -0.39 is 0 Å². The van der Waals surface area contributed by atoms with Crippen LogP contribution < -0.4 is 5.56 Å². The average Bonchev–Trinajstić information content (AvgIpc) is 3.22. The zero-order chi connectivity index (χ0) is 17.6. The van der Waals surface area contributed by atoms with Crippen LogP contribution in [0.2, 0.25) is 0 Å². The number of piperidine rings is 1. The van der Waals surface area contributed by atoms with Gasteiger partial charge in [-0.05, 0) is 39.5 Å². The molecule has 2 aliphatic heterocycles. The van der Waals surface area contributed by atoms with Gasteiger partial charge in [0.15, 0.2) is 0 Å². The number of rotatable bonds is 3. The van der Waals surface area contributed by atoms with Crippen LogP contribution in [-0.2, 0) is 11.3 Å². The molecular formula is C17H22N6O2. The van der Waals surface area contributed by atoms with E-state index in [4.69, 9.17) is 0 Å². The highest BCUT2D eigenvalue weighted by Crippen LogP contribution is 2.40. The molecule has 0 saturated carbocycles. The fraction of sp³-hybridized carbons (Fsp3) is 0.588. The van der Waals surface area contributed by atoms with Crippen LogP contribution in [0.25, 0.3) is 0 Å². The van der Waals surface area contributed by atoms with Crippen molar-refractivity contribution in [2.24, 2.45) is 0 Å². The Labute approximate surface area is 145 Å². The normalized spacial score (nSPS) is 25.4. The molecule has 2 fully saturated rings. The minimum Gasteiger partial charge on any atom is -0.335 e. The van der Waals surface area contributed by atoms with Gasteiger partial charge in [0.2, 0.25) is 5.91 Å².